The van der Waals surface area contributed by atoms with Gasteiger partial charge in [0.05, 0.1) is 12.1 Å². The van der Waals surface area contributed by atoms with Crippen molar-refractivity contribution in [2.45, 2.75) is 6.92 Å². The first-order chi connectivity index (χ1) is 7.22. The minimum atomic E-state index is -0.384. The summed E-state index contributed by atoms with van der Waals surface area (Å²) in [5.41, 5.74) is 1.20. The predicted molar refractivity (Wildman–Crippen MR) is 64.8 cm³/mol. The SMILES string of the molecule is CCOC(=O)c1n[nH]c2ccc(I)cc12. The van der Waals surface area contributed by atoms with Crippen LogP contribution in [-0.2, 0) is 4.74 Å². The molecule has 0 saturated carbocycles. The van der Waals surface area contributed by atoms with Crippen molar-refractivity contribution in [2.75, 3.05) is 6.61 Å². The van der Waals surface area contributed by atoms with Crippen molar-refractivity contribution in [3.8, 4) is 0 Å². The zero-order valence-corrected chi connectivity index (χ0v) is 10.2. The van der Waals surface area contributed by atoms with Crippen LogP contribution in [0.4, 0.5) is 0 Å². The van der Waals surface area contributed by atoms with E-state index in [-0.39, 0.29) is 5.97 Å². The summed E-state index contributed by atoms with van der Waals surface area (Å²) in [6.45, 7) is 2.13. The van der Waals surface area contributed by atoms with Gasteiger partial charge in [-0.2, -0.15) is 5.10 Å². The molecule has 2 aromatic rings. The molecule has 0 fully saturated rings. The van der Waals surface area contributed by atoms with Gasteiger partial charge in [0, 0.05) is 8.96 Å². The molecular formula is C10H9IN2O2. The van der Waals surface area contributed by atoms with Crippen LogP contribution in [0.25, 0.3) is 10.9 Å². The molecule has 0 unspecified atom stereocenters. The van der Waals surface area contributed by atoms with Crippen LogP contribution >= 0.6 is 22.6 Å². The summed E-state index contributed by atoms with van der Waals surface area (Å²) in [6.07, 6.45) is 0. The minimum absolute atomic E-state index is 0.352. The van der Waals surface area contributed by atoms with Crippen LogP contribution in [0.2, 0.25) is 0 Å². The summed E-state index contributed by atoms with van der Waals surface area (Å²) in [5, 5.41) is 7.56. The second kappa shape index (κ2) is 4.18. The average Bonchev–Trinajstić information content (AvgIpc) is 2.60. The molecule has 0 spiro atoms. The lowest BCUT2D eigenvalue weighted by Crippen LogP contribution is -2.05. The Balaban J connectivity index is 2.52. The first kappa shape index (κ1) is 10.4. The Morgan fingerprint density at radius 1 is 1.60 bits per heavy atom. The number of carbonyl (C=O) groups excluding carboxylic acids is 1. The van der Waals surface area contributed by atoms with Crippen LogP contribution in [0.3, 0.4) is 0 Å². The number of benzene rings is 1. The predicted octanol–water partition coefficient (Wildman–Crippen LogP) is 2.34. The van der Waals surface area contributed by atoms with Crippen molar-refractivity contribution in [3.05, 3.63) is 27.5 Å². The third-order valence-electron chi connectivity index (χ3n) is 1.99. The van der Waals surface area contributed by atoms with Crippen molar-refractivity contribution in [1.82, 2.24) is 10.2 Å². The number of aromatic nitrogens is 2. The van der Waals surface area contributed by atoms with Gasteiger partial charge in [-0.1, -0.05) is 0 Å². The Kier molecular flexibility index (Phi) is 2.90. The molecule has 0 radical (unpaired) electrons. The molecule has 2 rings (SSSR count). The van der Waals surface area contributed by atoms with Gasteiger partial charge in [0.1, 0.15) is 0 Å². The standard InChI is InChI=1S/C10H9IN2O2/c1-2-15-10(14)9-7-5-6(11)3-4-8(7)12-13-9/h3-5H,2H2,1H3,(H,12,13). The Hall–Kier alpha value is -1.11. The van der Waals surface area contributed by atoms with E-state index in [0.717, 1.165) is 14.5 Å². The maximum atomic E-state index is 11.5. The average molecular weight is 316 g/mol. The number of hydrogen-bond acceptors (Lipinski definition) is 3. The van der Waals surface area contributed by atoms with E-state index < -0.39 is 0 Å². The number of esters is 1. The van der Waals surface area contributed by atoms with Crippen molar-refractivity contribution < 1.29 is 9.53 Å². The normalized spacial score (nSPS) is 10.5. The highest BCUT2D eigenvalue weighted by Gasteiger charge is 2.14. The van der Waals surface area contributed by atoms with Gasteiger partial charge in [0.2, 0.25) is 0 Å². The molecule has 0 saturated heterocycles. The van der Waals surface area contributed by atoms with Crippen molar-refractivity contribution >= 4 is 39.5 Å². The third kappa shape index (κ3) is 1.97. The number of H-pyrrole nitrogens is 1. The first-order valence-corrected chi connectivity index (χ1v) is 5.61. The fraction of sp³-hybridized carbons (Fsp3) is 0.200. The lowest BCUT2D eigenvalue weighted by molar-refractivity contribution is 0.0521. The number of nitrogens with one attached hydrogen (secondary N) is 1. The smallest absolute Gasteiger partial charge is 0.359 e. The van der Waals surface area contributed by atoms with Crippen LogP contribution < -0.4 is 0 Å². The number of aromatic amines is 1. The zero-order chi connectivity index (χ0) is 10.8. The molecule has 1 N–H and O–H groups in total. The van der Waals surface area contributed by atoms with E-state index in [0.29, 0.717) is 12.3 Å². The fourth-order valence-electron chi connectivity index (χ4n) is 1.34. The second-order valence-corrected chi connectivity index (χ2v) is 4.23. The molecule has 5 heteroatoms. The molecule has 1 aromatic carbocycles. The van der Waals surface area contributed by atoms with Crippen molar-refractivity contribution in [3.63, 3.8) is 0 Å². The Morgan fingerprint density at radius 3 is 3.13 bits per heavy atom. The van der Waals surface area contributed by atoms with Crippen molar-refractivity contribution in [1.29, 1.82) is 0 Å². The van der Waals surface area contributed by atoms with E-state index in [9.17, 15) is 4.79 Å². The van der Waals surface area contributed by atoms with Crippen LogP contribution in [0, 0.1) is 3.57 Å². The summed E-state index contributed by atoms with van der Waals surface area (Å²) < 4.78 is 5.97. The van der Waals surface area contributed by atoms with E-state index in [4.69, 9.17) is 4.74 Å². The molecule has 1 aromatic heterocycles. The Bertz CT molecular complexity index is 507. The Labute approximate surface area is 100 Å². The summed E-state index contributed by atoms with van der Waals surface area (Å²) in [6, 6.07) is 5.76. The van der Waals surface area contributed by atoms with Gasteiger partial charge >= 0.3 is 5.97 Å². The molecule has 15 heavy (non-hydrogen) atoms. The first-order valence-electron chi connectivity index (χ1n) is 4.53. The molecule has 0 amide bonds. The quantitative estimate of drug-likeness (QED) is 0.683. The van der Waals surface area contributed by atoms with Crippen molar-refractivity contribution in [2.24, 2.45) is 0 Å². The topological polar surface area (TPSA) is 55.0 Å². The summed E-state index contributed by atoms with van der Waals surface area (Å²) in [5.74, 6) is -0.384. The summed E-state index contributed by atoms with van der Waals surface area (Å²) in [7, 11) is 0. The zero-order valence-electron chi connectivity index (χ0n) is 8.08. The molecule has 1 heterocycles. The number of halogens is 1. The van der Waals surface area contributed by atoms with Gasteiger partial charge in [-0.05, 0) is 47.7 Å². The molecular weight excluding hydrogens is 307 g/mol. The monoisotopic (exact) mass is 316 g/mol. The van der Waals surface area contributed by atoms with Crippen LogP contribution in [0.15, 0.2) is 18.2 Å². The van der Waals surface area contributed by atoms with E-state index in [1.54, 1.807) is 6.92 Å². The molecule has 0 atom stereocenters. The minimum Gasteiger partial charge on any atom is -0.461 e. The van der Waals surface area contributed by atoms with Gasteiger partial charge in [-0.3, -0.25) is 5.10 Å². The third-order valence-corrected chi connectivity index (χ3v) is 2.66. The van der Waals surface area contributed by atoms with Crippen LogP contribution in [0.5, 0.6) is 0 Å². The number of nitrogens with zero attached hydrogens (tertiary/aromatic N) is 1. The molecule has 0 aliphatic rings. The molecule has 78 valence electrons. The number of hydrogen-bond donors (Lipinski definition) is 1. The fourth-order valence-corrected chi connectivity index (χ4v) is 1.83. The van der Waals surface area contributed by atoms with E-state index in [2.05, 4.69) is 32.8 Å². The maximum absolute atomic E-state index is 11.5. The van der Waals surface area contributed by atoms with Gasteiger partial charge in [0.15, 0.2) is 5.69 Å². The van der Waals surface area contributed by atoms with Crippen LogP contribution in [0.1, 0.15) is 17.4 Å². The molecule has 4 nitrogen and oxygen atoms in total. The van der Waals surface area contributed by atoms with Gasteiger partial charge in [0.25, 0.3) is 0 Å². The van der Waals surface area contributed by atoms with Gasteiger partial charge in [-0.15, -0.1) is 0 Å². The summed E-state index contributed by atoms with van der Waals surface area (Å²) >= 11 is 2.19. The molecule has 0 bridgehead atoms. The highest BCUT2D eigenvalue weighted by Crippen LogP contribution is 2.19. The van der Waals surface area contributed by atoms with Gasteiger partial charge in [-0.25, -0.2) is 4.79 Å². The molecule has 0 aliphatic carbocycles. The Morgan fingerprint density at radius 2 is 2.40 bits per heavy atom. The number of ether oxygens (including phenoxy) is 1. The van der Waals surface area contributed by atoms with Crippen LogP contribution in [-0.4, -0.2) is 22.8 Å². The largest absolute Gasteiger partial charge is 0.461 e. The van der Waals surface area contributed by atoms with E-state index in [1.165, 1.54) is 0 Å². The lowest BCUT2D eigenvalue weighted by Gasteiger charge is -1.98. The van der Waals surface area contributed by atoms with Gasteiger partial charge < -0.3 is 4.74 Å². The number of rotatable bonds is 2. The maximum Gasteiger partial charge on any atom is 0.359 e. The highest BCUT2D eigenvalue weighted by molar-refractivity contribution is 14.1. The number of fused-ring (bicyclic) bond motifs is 1. The second-order valence-electron chi connectivity index (χ2n) is 2.98. The van der Waals surface area contributed by atoms with E-state index in [1.807, 2.05) is 18.2 Å². The van der Waals surface area contributed by atoms with E-state index >= 15 is 0 Å². The lowest BCUT2D eigenvalue weighted by atomic mass is 10.2. The highest BCUT2D eigenvalue weighted by atomic mass is 127. The molecule has 0 aliphatic heterocycles. The summed E-state index contributed by atoms with van der Waals surface area (Å²) in [4.78, 5) is 11.5. The number of carbonyl (C=O) groups is 1.